The largest absolute Gasteiger partial charge is 0.492 e. The average Bonchev–Trinajstić information content (AvgIpc) is 2.74. The molecule has 1 aliphatic rings. The third kappa shape index (κ3) is 6.43. The molecule has 1 aliphatic heterocycles. The van der Waals surface area contributed by atoms with Crippen LogP contribution in [-0.2, 0) is 16.0 Å². The Labute approximate surface area is 177 Å². The van der Waals surface area contributed by atoms with Gasteiger partial charge in [0.2, 0.25) is 5.91 Å². The summed E-state index contributed by atoms with van der Waals surface area (Å²) >= 11 is 0. The summed E-state index contributed by atoms with van der Waals surface area (Å²) < 4.78 is 5.92. The van der Waals surface area contributed by atoms with E-state index >= 15 is 0 Å². The Hall–Kier alpha value is -2.64. The fourth-order valence-corrected chi connectivity index (χ4v) is 3.65. The van der Waals surface area contributed by atoms with Crippen LogP contribution in [0.5, 0.6) is 5.75 Å². The van der Waals surface area contributed by atoms with E-state index in [1.54, 1.807) is 0 Å². The van der Waals surface area contributed by atoms with Gasteiger partial charge in [0.25, 0.3) is 0 Å². The molecule has 30 heavy (non-hydrogen) atoms. The highest BCUT2D eigenvalue weighted by Crippen LogP contribution is 2.23. The van der Waals surface area contributed by atoms with Gasteiger partial charge in [0.15, 0.2) is 0 Å². The van der Waals surface area contributed by atoms with Gasteiger partial charge in [0, 0.05) is 45.6 Å². The smallest absolute Gasteiger partial charge is 0.326 e. The molecular formula is C23H31N3O4. The first kappa shape index (κ1) is 22.1. The standard InChI is InChI=1S/C23H31N3O4/c1-2-3-22(27)25-21(23(28)29)15-17-4-5-19-16-20(7-6-18(19)14-17)30-13-12-26-10-8-24-9-11-26/h4-7,14,16,21,24H,2-3,8-13,15H2,1H3,(H,25,27)(H,28,29). The summed E-state index contributed by atoms with van der Waals surface area (Å²) in [7, 11) is 0. The second-order valence-corrected chi connectivity index (χ2v) is 7.70. The van der Waals surface area contributed by atoms with Crippen LogP contribution in [0.2, 0.25) is 0 Å². The highest BCUT2D eigenvalue weighted by molar-refractivity contribution is 5.86. The molecule has 1 atom stereocenters. The van der Waals surface area contributed by atoms with Gasteiger partial charge in [-0.25, -0.2) is 4.79 Å². The summed E-state index contributed by atoms with van der Waals surface area (Å²) in [6.07, 6.45) is 1.27. The lowest BCUT2D eigenvalue weighted by Crippen LogP contribution is -2.44. The molecule has 0 aromatic heterocycles. The van der Waals surface area contributed by atoms with Crippen molar-refractivity contribution in [2.75, 3.05) is 39.3 Å². The molecule has 0 saturated carbocycles. The topological polar surface area (TPSA) is 90.9 Å². The molecule has 1 unspecified atom stereocenters. The molecule has 1 amide bonds. The molecule has 1 heterocycles. The number of carbonyl (C=O) groups excluding carboxylic acids is 1. The fraction of sp³-hybridized carbons (Fsp3) is 0.478. The summed E-state index contributed by atoms with van der Waals surface area (Å²) in [5.74, 6) is -0.415. The third-order valence-corrected chi connectivity index (χ3v) is 5.31. The molecule has 0 bridgehead atoms. The van der Waals surface area contributed by atoms with Gasteiger partial charge in [-0.3, -0.25) is 9.69 Å². The molecule has 7 nitrogen and oxygen atoms in total. The van der Waals surface area contributed by atoms with E-state index in [1.807, 2.05) is 43.3 Å². The summed E-state index contributed by atoms with van der Waals surface area (Å²) in [4.78, 5) is 25.7. The average molecular weight is 414 g/mol. The number of nitrogens with one attached hydrogen (secondary N) is 2. The van der Waals surface area contributed by atoms with Crippen LogP contribution in [0.4, 0.5) is 0 Å². The highest BCUT2D eigenvalue weighted by atomic mass is 16.5. The van der Waals surface area contributed by atoms with Gasteiger partial charge in [-0.05, 0) is 34.9 Å². The first-order valence-corrected chi connectivity index (χ1v) is 10.7. The molecule has 1 fully saturated rings. The first-order valence-electron chi connectivity index (χ1n) is 10.7. The predicted molar refractivity (Wildman–Crippen MR) is 117 cm³/mol. The van der Waals surface area contributed by atoms with Crippen molar-refractivity contribution in [3.63, 3.8) is 0 Å². The monoisotopic (exact) mass is 413 g/mol. The van der Waals surface area contributed by atoms with E-state index in [2.05, 4.69) is 15.5 Å². The maximum Gasteiger partial charge on any atom is 0.326 e. The minimum Gasteiger partial charge on any atom is -0.492 e. The Bertz CT molecular complexity index is 865. The van der Waals surface area contributed by atoms with E-state index in [1.165, 1.54) is 0 Å². The Morgan fingerprint density at radius 1 is 1.17 bits per heavy atom. The fourth-order valence-electron chi connectivity index (χ4n) is 3.65. The van der Waals surface area contributed by atoms with E-state index in [9.17, 15) is 14.7 Å². The van der Waals surface area contributed by atoms with Crippen LogP contribution in [0.3, 0.4) is 0 Å². The van der Waals surface area contributed by atoms with E-state index in [4.69, 9.17) is 4.74 Å². The second-order valence-electron chi connectivity index (χ2n) is 7.70. The molecule has 3 N–H and O–H groups in total. The van der Waals surface area contributed by atoms with Crippen molar-refractivity contribution in [3.8, 4) is 5.75 Å². The van der Waals surface area contributed by atoms with Crippen LogP contribution in [0.25, 0.3) is 10.8 Å². The van der Waals surface area contributed by atoms with Crippen molar-refractivity contribution in [2.24, 2.45) is 0 Å². The van der Waals surface area contributed by atoms with Crippen molar-refractivity contribution in [3.05, 3.63) is 42.0 Å². The second kappa shape index (κ2) is 10.9. The minimum atomic E-state index is -1.02. The van der Waals surface area contributed by atoms with E-state index in [-0.39, 0.29) is 12.3 Å². The molecule has 0 radical (unpaired) electrons. The predicted octanol–water partition coefficient (Wildman–Crippen LogP) is 2.04. The Morgan fingerprint density at radius 3 is 2.63 bits per heavy atom. The Kier molecular flexibility index (Phi) is 8.04. The zero-order chi connectivity index (χ0) is 21.3. The Morgan fingerprint density at radius 2 is 1.90 bits per heavy atom. The molecule has 2 aromatic rings. The van der Waals surface area contributed by atoms with Gasteiger partial charge < -0.3 is 20.5 Å². The maximum absolute atomic E-state index is 11.8. The lowest BCUT2D eigenvalue weighted by Gasteiger charge is -2.26. The van der Waals surface area contributed by atoms with Crippen LogP contribution in [-0.4, -0.2) is 67.3 Å². The molecule has 2 aromatic carbocycles. The van der Waals surface area contributed by atoms with Gasteiger partial charge in [0.1, 0.15) is 18.4 Å². The number of rotatable bonds is 10. The quantitative estimate of drug-likeness (QED) is 0.552. The lowest BCUT2D eigenvalue weighted by molar-refractivity contribution is -0.141. The lowest BCUT2D eigenvalue weighted by atomic mass is 10.0. The number of carboxylic acids is 1. The highest BCUT2D eigenvalue weighted by Gasteiger charge is 2.20. The van der Waals surface area contributed by atoms with Crippen molar-refractivity contribution in [2.45, 2.75) is 32.2 Å². The number of hydrogen-bond donors (Lipinski definition) is 3. The molecule has 162 valence electrons. The number of carbonyl (C=O) groups is 2. The summed E-state index contributed by atoms with van der Waals surface area (Å²) in [5.41, 5.74) is 0.874. The van der Waals surface area contributed by atoms with Gasteiger partial charge >= 0.3 is 5.97 Å². The van der Waals surface area contributed by atoms with Gasteiger partial charge in [-0.1, -0.05) is 31.2 Å². The number of ether oxygens (including phenoxy) is 1. The van der Waals surface area contributed by atoms with Crippen LogP contribution in [0.1, 0.15) is 25.3 Å². The summed E-state index contributed by atoms with van der Waals surface area (Å²) in [6, 6.07) is 10.9. The molecule has 0 aliphatic carbocycles. The molecule has 7 heteroatoms. The Balaban J connectivity index is 1.59. The number of hydrogen-bond acceptors (Lipinski definition) is 5. The molecule has 0 spiro atoms. The number of piperazine rings is 1. The van der Waals surface area contributed by atoms with Crippen LogP contribution in [0.15, 0.2) is 36.4 Å². The number of amides is 1. The summed E-state index contributed by atoms with van der Waals surface area (Å²) in [6.45, 7) is 7.63. The number of carboxylic acid groups (broad SMARTS) is 1. The van der Waals surface area contributed by atoms with Gasteiger partial charge in [0.05, 0.1) is 0 Å². The normalized spacial score (nSPS) is 15.6. The SMILES string of the molecule is CCCC(=O)NC(Cc1ccc2cc(OCCN3CCNCC3)ccc2c1)C(=O)O. The molecular weight excluding hydrogens is 382 g/mol. The molecule has 1 saturated heterocycles. The summed E-state index contributed by atoms with van der Waals surface area (Å²) in [5, 5.41) is 17.5. The van der Waals surface area contributed by atoms with Crippen LogP contribution >= 0.6 is 0 Å². The zero-order valence-corrected chi connectivity index (χ0v) is 17.5. The third-order valence-electron chi connectivity index (χ3n) is 5.31. The van der Waals surface area contributed by atoms with Crippen LogP contribution in [0, 0.1) is 0 Å². The van der Waals surface area contributed by atoms with Gasteiger partial charge in [-0.15, -0.1) is 0 Å². The van der Waals surface area contributed by atoms with Crippen molar-refractivity contribution in [1.29, 1.82) is 0 Å². The number of nitrogens with zero attached hydrogens (tertiary/aromatic N) is 1. The molecule has 3 rings (SSSR count). The van der Waals surface area contributed by atoms with Crippen molar-refractivity contribution >= 4 is 22.6 Å². The first-order chi connectivity index (χ1) is 14.5. The number of benzene rings is 2. The minimum absolute atomic E-state index is 0.228. The maximum atomic E-state index is 11.8. The number of fused-ring (bicyclic) bond motifs is 1. The van der Waals surface area contributed by atoms with E-state index in [0.717, 1.165) is 54.8 Å². The van der Waals surface area contributed by atoms with Crippen molar-refractivity contribution < 1.29 is 19.4 Å². The van der Waals surface area contributed by atoms with Gasteiger partial charge in [-0.2, -0.15) is 0 Å². The van der Waals surface area contributed by atoms with E-state index in [0.29, 0.717) is 19.4 Å². The van der Waals surface area contributed by atoms with E-state index < -0.39 is 12.0 Å². The number of aliphatic carboxylic acids is 1. The van der Waals surface area contributed by atoms with Crippen LogP contribution < -0.4 is 15.4 Å². The zero-order valence-electron chi connectivity index (χ0n) is 17.5. The van der Waals surface area contributed by atoms with Crippen molar-refractivity contribution in [1.82, 2.24) is 15.5 Å².